The molecule has 0 atom stereocenters. The van der Waals surface area contributed by atoms with Crippen molar-refractivity contribution in [2.75, 3.05) is 43.4 Å². The van der Waals surface area contributed by atoms with E-state index in [0.717, 1.165) is 42.3 Å². The molecule has 0 bridgehead atoms. The third-order valence-electron chi connectivity index (χ3n) is 4.68. The lowest BCUT2D eigenvalue weighted by atomic mass is 10.2. The number of nitrogens with one attached hydrogen (secondary N) is 1. The van der Waals surface area contributed by atoms with Gasteiger partial charge >= 0.3 is 0 Å². The number of rotatable bonds is 4. The summed E-state index contributed by atoms with van der Waals surface area (Å²) in [5.41, 5.74) is 3.28. The minimum Gasteiger partial charge on any atom is -0.338 e. The van der Waals surface area contributed by atoms with E-state index >= 15 is 0 Å². The normalized spacial score (nSPS) is 15.3. The lowest BCUT2D eigenvalue weighted by molar-refractivity contribution is 0.311. The van der Waals surface area contributed by atoms with E-state index in [2.05, 4.69) is 37.1 Å². The molecule has 3 heterocycles. The van der Waals surface area contributed by atoms with Gasteiger partial charge in [-0.3, -0.25) is 5.14 Å². The summed E-state index contributed by atoms with van der Waals surface area (Å²) in [6, 6.07) is 6.06. The summed E-state index contributed by atoms with van der Waals surface area (Å²) in [5, 5.41) is 9.14. The molecular weight excluding hydrogens is 360 g/mol. The van der Waals surface area contributed by atoms with Crippen LogP contribution in [0.2, 0.25) is 0 Å². The van der Waals surface area contributed by atoms with Crippen LogP contribution in [-0.2, 0) is 0 Å². The summed E-state index contributed by atoms with van der Waals surface area (Å²) in [4.78, 5) is 23.7. The molecule has 0 radical (unpaired) electrons. The predicted molar refractivity (Wildman–Crippen MR) is 109 cm³/mol. The Bertz CT molecular complexity index is 955. The highest BCUT2D eigenvalue weighted by Crippen LogP contribution is 2.27. The number of nitrogens with zero attached hydrogens (tertiary/aromatic N) is 6. The number of anilines is 3. The highest BCUT2D eigenvalue weighted by atomic mass is 32.2. The number of hydrogen-bond acceptors (Lipinski definition) is 9. The van der Waals surface area contributed by atoms with Crippen molar-refractivity contribution in [2.45, 2.75) is 11.8 Å². The second kappa shape index (κ2) is 7.63. The Morgan fingerprint density at radius 2 is 1.85 bits per heavy atom. The molecule has 1 aliphatic heterocycles. The van der Waals surface area contributed by atoms with Crippen LogP contribution in [0.1, 0.15) is 5.56 Å². The second-order valence-electron chi connectivity index (χ2n) is 6.61. The summed E-state index contributed by atoms with van der Waals surface area (Å²) in [6.07, 6.45) is 3.31. The standard InChI is InChI=1S/C18H22N8S/c1-12-3-4-13(11-14(12)27-19)22-17-15-16(21-6-5-20-15)23-18(24-17)26-9-7-25(2)8-10-26/h3-6,11H,7-10,19H2,1-2H3,(H,21,22,23,24). The van der Waals surface area contributed by atoms with Crippen LogP contribution >= 0.6 is 11.9 Å². The van der Waals surface area contributed by atoms with Crippen LogP contribution in [0.25, 0.3) is 11.2 Å². The van der Waals surface area contributed by atoms with Gasteiger partial charge in [0.1, 0.15) is 0 Å². The first-order valence-electron chi connectivity index (χ1n) is 8.80. The minimum absolute atomic E-state index is 0.587. The molecule has 8 nitrogen and oxygen atoms in total. The van der Waals surface area contributed by atoms with Gasteiger partial charge in [0.15, 0.2) is 17.0 Å². The Labute approximate surface area is 162 Å². The molecule has 3 N–H and O–H groups in total. The number of piperazine rings is 1. The number of nitrogens with two attached hydrogens (primary N) is 1. The van der Waals surface area contributed by atoms with Gasteiger partial charge in [0.2, 0.25) is 5.95 Å². The van der Waals surface area contributed by atoms with Crippen molar-refractivity contribution in [2.24, 2.45) is 5.14 Å². The van der Waals surface area contributed by atoms with Crippen LogP contribution in [-0.4, -0.2) is 58.1 Å². The fourth-order valence-corrected chi connectivity index (χ4v) is 3.48. The Hall–Kier alpha value is -2.49. The molecule has 4 rings (SSSR count). The third-order valence-corrected chi connectivity index (χ3v) is 5.38. The molecule has 0 spiro atoms. The molecular formula is C18H22N8S. The molecule has 1 aromatic carbocycles. The van der Waals surface area contributed by atoms with Crippen LogP contribution in [0.4, 0.5) is 17.5 Å². The quantitative estimate of drug-likeness (QED) is 0.658. The maximum Gasteiger partial charge on any atom is 0.229 e. The van der Waals surface area contributed by atoms with Gasteiger partial charge in [-0.2, -0.15) is 9.97 Å². The average Bonchev–Trinajstić information content (AvgIpc) is 2.70. The van der Waals surface area contributed by atoms with E-state index in [0.29, 0.717) is 22.9 Å². The van der Waals surface area contributed by atoms with Gasteiger partial charge in [-0.05, 0) is 43.6 Å². The predicted octanol–water partition coefficient (Wildman–Crippen LogP) is 2.19. The molecule has 2 aromatic heterocycles. The van der Waals surface area contributed by atoms with Gasteiger partial charge < -0.3 is 15.1 Å². The monoisotopic (exact) mass is 382 g/mol. The fraction of sp³-hybridized carbons (Fsp3) is 0.333. The van der Waals surface area contributed by atoms with E-state index in [-0.39, 0.29) is 0 Å². The van der Waals surface area contributed by atoms with Crippen molar-refractivity contribution in [3.8, 4) is 0 Å². The number of aromatic nitrogens is 4. The smallest absolute Gasteiger partial charge is 0.229 e. The maximum absolute atomic E-state index is 5.77. The fourth-order valence-electron chi connectivity index (χ4n) is 3.03. The molecule has 0 aliphatic carbocycles. The lowest BCUT2D eigenvalue weighted by Crippen LogP contribution is -2.45. The van der Waals surface area contributed by atoms with E-state index in [1.54, 1.807) is 12.4 Å². The summed E-state index contributed by atoms with van der Waals surface area (Å²) in [7, 11) is 2.13. The van der Waals surface area contributed by atoms with Gasteiger partial charge in [0.05, 0.1) is 0 Å². The van der Waals surface area contributed by atoms with Crippen LogP contribution < -0.4 is 15.4 Å². The third kappa shape index (κ3) is 3.80. The molecule has 1 aliphatic rings. The van der Waals surface area contributed by atoms with Crippen molar-refractivity contribution >= 4 is 40.6 Å². The van der Waals surface area contributed by atoms with Crippen LogP contribution in [0, 0.1) is 6.92 Å². The van der Waals surface area contributed by atoms with Gasteiger partial charge in [-0.1, -0.05) is 6.07 Å². The van der Waals surface area contributed by atoms with Gasteiger partial charge in [0.25, 0.3) is 0 Å². The largest absolute Gasteiger partial charge is 0.338 e. The van der Waals surface area contributed by atoms with Crippen molar-refractivity contribution in [1.29, 1.82) is 0 Å². The number of hydrogen-bond donors (Lipinski definition) is 2. The summed E-state index contributed by atoms with van der Waals surface area (Å²) in [6.45, 7) is 5.79. The van der Waals surface area contributed by atoms with E-state index in [1.165, 1.54) is 11.9 Å². The van der Waals surface area contributed by atoms with Gasteiger partial charge in [-0.15, -0.1) is 0 Å². The zero-order valence-corrected chi connectivity index (χ0v) is 16.2. The van der Waals surface area contributed by atoms with Crippen molar-refractivity contribution in [3.05, 3.63) is 36.2 Å². The van der Waals surface area contributed by atoms with Gasteiger partial charge in [-0.25, -0.2) is 9.97 Å². The highest BCUT2D eigenvalue weighted by molar-refractivity contribution is 7.97. The number of fused-ring (bicyclic) bond motifs is 1. The molecule has 0 unspecified atom stereocenters. The highest BCUT2D eigenvalue weighted by Gasteiger charge is 2.19. The number of likely N-dealkylation sites (N-methyl/N-ethyl adjacent to an activating group) is 1. The van der Waals surface area contributed by atoms with Gasteiger partial charge in [0, 0.05) is 49.2 Å². The molecule has 0 amide bonds. The van der Waals surface area contributed by atoms with E-state index < -0.39 is 0 Å². The summed E-state index contributed by atoms with van der Waals surface area (Å²) >= 11 is 1.24. The SMILES string of the molecule is Cc1ccc(Nc2nc(N3CCN(C)CC3)nc3nccnc23)cc1SN. The van der Waals surface area contributed by atoms with Crippen LogP contribution in [0.15, 0.2) is 35.5 Å². The molecule has 27 heavy (non-hydrogen) atoms. The first kappa shape index (κ1) is 17.9. The Morgan fingerprint density at radius 3 is 2.63 bits per heavy atom. The Morgan fingerprint density at radius 1 is 1.07 bits per heavy atom. The zero-order valence-electron chi connectivity index (χ0n) is 15.4. The summed E-state index contributed by atoms with van der Waals surface area (Å²) in [5.74, 6) is 1.33. The lowest BCUT2D eigenvalue weighted by Gasteiger charge is -2.32. The maximum atomic E-state index is 5.77. The van der Waals surface area contributed by atoms with Crippen molar-refractivity contribution < 1.29 is 0 Å². The molecule has 1 fully saturated rings. The molecule has 140 valence electrons. The first-order valence-corrected chi connectivity index (χ1v) is 9.68. The second-order valence-corrected chi connectivity index (χ2v) is 7.29. The van der Waals surface area contributed by atoms with Crippen LogP contribution in [0.3, 0.4) is 0 Å². The van der Waals surface area contributed by atoms with E-state index in [4.69, 9.17) is 10.1 Å². The summed E-state index contributed by atoms with van der Waals surface area (Å²) < 4.78 is 0. The van der Waals surface area contributed by atoms with E-state index in [1.807, 2.05) is 25.1 Å². The zero-order chi connectivity index (χ0) is 18.8. The van der Waals surface area contributed by atoms with E-state index in [9.17, 15) is 0 Å². The molecule has 9 heteroatoms. The Kier molecular flexibility index (Phi) is 5.06. The first-order chi connectivity index (χ1) is 13.1. The number of aryl methyl sites for hydroxylation is 1. The van der Waals surface area contributed by atoms with Crippen LogP contribution in [0.5, 0.6) is 0 Å². The topological polar surface area (TPSA) is 96.1 Å². The molecule has 3 aromatic rings. The molecule has 0 saturated carbocycles. The van der Waals surface area contributed by atoms with Crippen molar-refractivity contribution in [1.82, 2.24) is 24.8 Å². The molecule has 1 saturated heterocycles. The number of benzene rings is 1. The van der Waals surface area contributed by atoms with Crippen molar-refractivity contribution in [3.63, 3.8) is 0 Å². The Balaban J connectivity index is 1.72. The minimum atomic E-state index is 0.587. The average molecular weight is 382 g/mol.